The molecule has 1 aliphatic carbocycles. The maximum atomic E-state index is 6.27. The molecule has 16 heavy (non-hydrogen) atoms. The normalized spacial score (nSPS) is 28.1. The van der Waals surface area contributed by atoms with Gasteiger partial charge in [0.25, 0.3) is 0 Å². The molecule has 96 valence electrons. The van der Waals surface area contributed by atoms with Crippen LogP contribution < -0.4 is 5.73 Å². The first-order chi connectivity index (χ1) is 7.22. The lowest BCUT2D eigenvalue weighted by atomic mass is 9.87. The summed E-state index contributed by atoms with van der Waals surface area (Å²) in [5.41, 5.74) is 6.01. The second-order valence-corrected chi connectivity index (χ2v) is 11.7. The molecule has 1 aliphatic rings. The van der Waals surface area contributed by atoms with Gasteiger partial charge in [-0.25, -0.2) is 0 Å². The number of hydrogen-bond donors (Lipinski definition) is 1. The molecule has 1 fully saturated rings. The summed E-state index contributed by atoms with van der Waals surface area (Å²) in [5.74, 6) is 0.706. The predicted molar refractivity (Wildman–Crippen MR) is 73.1 cm³/mol. The van der Waals surface area contributed by atoms with Gasteiger partial charge in [0.2, 0.25) is 0 Å². The van der Waals surface area contributed by atoms with E-state index in [1.807, 2.05) is 0 Å². The van der Waals surface area contributed by atoms with Gasteiger partial charge in [0.05, 0.1) is 0 Å². The van der Waals surface area contributed by atoms with Gasteiger partial charge in [0.15, 0.2) is 8.32 Å². The van der Waals surface area contributed by atoms with Gasteiger partial charge < -0.3 is 10.2 Å². The average Bonchev–Trinajstić information content (AvgIpc) is 2.13. The molecule has 2 N–H and O–H groups in total. The van der Waals surface area contributed by atoms with E-state index in [9.17, 15) is 0 Å². The van der Waals surface area contributed by atoms with Crippen LogP contribution in [0.3, 0.4) is 0 Å². The van der Waals surface area contributed by atoms with Crippen LogP contribution in [0.15, 0.2) is 0 Å². The van der Waals surface area contributed by atoms with Crippen molar-refractivity contribution in [3.8, 4) is 0 Å². The van der Waals surface area contributed by atoms with E-state index in [1.54, 1.807) is 0 Å². The van der Waals surface area contributed by atoms with E-state index in [4.69, 9.17) is 10.2 Å². The molecule has 0 aromatic carbocycles. The average molecular weight is 243 g/mol. The predicted octanol–water partition coefficient (Wildman–Crippen LogP) is 3.53. The summed E-state index contributed by atoms with van der Waals surface area (Å²) in [6.45, 7) is 12.5. The van der Waals surface area contributed by atoms with Gasteiger partial charge in [-0.15, -0.1) is 0 Å². The van der Waals surface area contributed by atoms with Crippen LogP contribution in [0.1, 0.15) is 46.5 Å². The molecular formula is C13H29NOSi. The molecule has 0 saturated heterocycles. The SMILES string of the molecule is CC(C)(C)[Si](C)(C)OCC1CCCC(N)C1. The lowest BCUT2D eigenvalue weighted by molar-refractivity contribution is 0.184. The fourth-order valence-electron chi connectivity index (χ4n) is 2.03. The van der Waals surface area contributed by atoms with E-state index in [-0.39, 0.29) is 0 Å². The van der Waals surface area contributed by atoms with Gasteiger partial charge in [0, 0.05) is 12.6 Å². The van der Waals surface area contributed by atoms with Gasteiger partial charge in [-0.2, -0.15) is 0 Å². The van der Waals surface area contributed by atoms with Crippen LogP contribution in [0.2, 0.25) is 18.1 Å². The summed E-state index contributed by atoms with van der Waals surface area (Å²) >= 11 is 0. The molecule has 0 heterocycles. The first-order valence-electron chi connectivity index (χ1n) is 6.62. The smallest absolute Gasteiger partial charge is 0.191 e. The van der Waals surface area contributed by atoms with Crippen molar-refractivity contribution in [2.24, 2.45) is 11.7 Å². The third kappa shape index (κ3) is 3.86. The maximum Gasteiger partial charge on any atom is 0.191 e. The van der Waals surface area contributed by atoms with Crippen molar-refractivity contribution >= 4 is 8.32 Å². The zero-order chi connectivity index (χ0) is 12.4. The van der Waals surface area contributed by atoms with Gasteiger partial charge in [-0.3, -0.25) is 0 Å². The molecule has 0 bridgehead atoms. The second kappa shape index (κ2) is 5.19. The van der Waals surface area contributed by atoms with Crippen LogP contribution in [-0.4, -0.2) is 21.0 Å². The topological polar surface area (TPSA) is 35.2 Å². The van der Waals surface area contributed by atoms with Crippen LogP contribution >= 0.6 is 0 Å². The fraction of sp³-hybridized carbons (Fsp3) is 1.00. The zero-order valence-electron chi connectivity index (χ0n) is 11.7. The van der Waals surface area contributed by atoms with Crippen molar-refractivity contribution in [1.82, 2.24) is 0 Å². The van der Waals surface area contributed by atoms with Crippen LogP contribution in [0.25, 0.3) is 0 Å². The summed E-state index contributed by atoms with van der Waals surface area (Å²) in [7, 11) is -1.55. The second-order valence-electron chi connectivity index (χ2n) is 6.86. The molecule has 0 aromatic heterocycles. The summed E-state index contributed by atoms with van der Waals surface area (Å²) in [5, 5.41) is 0.323. The standard InChI is InChI=1S/C13H29NOSi/c1-13(2,3)16(4,5)15-10-11-7-6-8-12(14)9-11/h11-12H,6-10,14H2,1-5H3. The fourth-order valence-corrected chi connectivity index (χ4v) is 3.11. The summed E-state index contributed by atoms with van der Waals surface area (Å²) in [6, 6.07) is 0.418. The Morgan fingerprint density at radius 2 is 1.88 bits per heavy atom. The monoisotopic (exact) mass is 243 g/mol. The lowest BCUT2D eigenvalue weighted by Crippen LogP contribution is -2.42. The summed E-state index contributed by atoms with van der Waals surface area (Å²) in [4.78, 5) is 0. The Labute approximate surface area is 102 Å². The largest absolute Gasteiger partial charge is 0.417 e. The Morgan fingerprint density at radius 3 is 2.38 bits per heavy atom. The number of rotatable bonds is 3. The van der Waals surface area contributed by atoms with E-state index in [0.29, 0.717) is 17.0 Å². The molecule has 3 heteroatoms. The number of hydrogen-bond acceptors (Lipinski definition) is 2. The molecule has 0 spiro atoms. The van der Waals surface area contributed by atoms with Crippen LogP contribution in [0.5, 0.6) is 0 Å². The molecule has 0 aliphatic heterocycles. The molecule has 2 nitrogen and oxygen atoms in total. The summed E-state index contributed by atoms with van der Waals surface area (Å²) in [6.07, 6.45) is 4.96. The highest BCUT2D eigenvalue weighted by molar-refractivity contribution is 6.74. The molecule has 0 radical (unpaired) electrons. The molecule has 0 amide bonds. The Hall–Kier alpha value is 0.137. The first kappa shape index (κ1) is 14.2. The summed E-state index contributed by atoms with van der Waals surface area (Å²) < 4.78 is 6.27. The van der Waals surface area contributed by atoms with E-state index >= 15 is 0 Å². The lowest BCUT2D eigenvalue weighted by Gasteiger charge is -2.38. The molecule has 1 saturated carbocycles. The molecular weight excluding hydrogens is 214 g/mol. The van der Waals surface area contributed by atoms with Crippen molar-refractivity contribution in [2.75, 3.05) is 6.61 Å². The minimum atomic E-state index is -1.55. The van der Waals surface area contributed by atoms with E-state index in [0.717, 1.165) is 13.0 Å². The number of nitrogens with two attached hydrogens (primary N) is 1. The highest BCUT2D eigenvalue weighted by Crippen LogP contribution is 2.37. The van der Waals surface area contributed by atoms with Crippen LogP contribution in [0.4, 0.5) is 0 Å². The molecule has 0 aromatic rings. The van der Waals surface area contributed by atoms with Crippen molar-refractivity contribution in [2.45, 2.75) is 70.6 Å². The quantitative estimate of drug-likeness (QED) is 0.770. The molecule has 2 unspecified atom stereocenters. The van der Waals surface area contributed by atoms with Crippen molar-refractivity contribution in [1.29, 1.82) is 0 Å². The Balaban J connectivity index is 2.39. The van der Waals surface area contributed by atoms with Crippen LogP contribution in [-0.2, 0) is 4.43 Å². The van der Waals surface area contributed by atoms with E-state index < -0.39 is 8.32 Å². The molecule has 2 atom stereocenters. The third-order valence-corrected chi connectivity index (χ3v) is 8.81. The minimum absolute atomic E-state index is 0.323. The van der Waals surface area contributed by atoms with Crippen molar-refractivity contribution in [3.63, 3.8) is 0 Å². The highest BCUT2D eigenvalue weighted by atomic mass is 28.4. The van der Waals surface area contributed by atoms with Gasteiger partial charge in [-0.05, 0) is 43.3 Å². The Morgan fingerprint density at radius 1 is 1.25 bits per heavy atom. The van der Waals surface area contributed by atoms with Crippen molar-refractivity contribution < 1.29 is 4.43 Å². The Kier molecular flexibility index (Phi) is 4.61. The highest BCUT2D eigenvalue weighted by Gasteiger charge is 2.37. The molecule has 1 rings (SSSR count). The maximum absolute atomic E-state index is 6.27. The first-order valence-corrected chi connectivity index (χ1v) is 9.53. The minimum Gasteiger partial charge on any atom is -0.417 e. The zero-order valence-corrected chi connectivity index (χ0v) is 12.7. The van der Waals surface area contributed by atoms with Gasteiger partial charge in [0.1, 0.15) is 0 Å². The Bertz CT molecular complexity index is 222. The van der Waals surface area contributed by atoms with Gasteiger partial charge >= 0.3 is 0 Å². The van der Waals surface area contributed by atoms with E-state index in [2.05, 4.69) is 33.9 Å². The van der Waals surface area contributed by atoms with Crippen LogP contribution in [0, 0.1) is 5.92 Å². The van der Waals surface area contributed by atoms with Crippen molar-refractivity contribution in [3.05, 3.63) is 0 Å². The van der Waals surface area contributed by atoms with Gasteiger partial charge in [-0.1, -0.05) is 27.2 Å². The van der Waals surface area contributed by atoms with E-state index in [1.165, 1.54) is 19.3 Å². The third-order valence-electron chi connectivity index (χ3n) is 4.31.